The van der Waals surface area contributed by atoms with E-state index in [1.54, 1.807) is 15.3 Å². The van der Waals surface area contributed by atoms with Crippen LogP contribution in [0.2, 0.25) is 0 Å². The van der Waals surface area contributed by atoms with E-state index in [-0.39, 0.29) is 5.91 Å². The molecule has 1 saturated heterocycles. The molecule has 2 N–H and O–H groups in total. The minimum absolute atomic E-state index is 0.277. The Morgan fingerprint density at radius 2 is 2.06 bits per heavy atom. The second kappa shape index (κ2) is 7.79. The van der Waals surface area contributed by atoms with E-state index in [0.717, 1.165) is 36.3 Å². The lowest BCUT2D eigenvalue weighted by molar-refractivity contribution is 0.102. The molecule has 166 valence electrons. The number of benzene rings is 1. The lowest BCUT2D eigenvalue weighted by Gasteiger charge is -2.20. The summed E-state index contributed by atoms with van der Waals surface area (Å²) in [5.41, 5.74) is 3.70. The number of imidazole rings is 1. The number of likely N-dealkylation sites (N-methyl/N-ethyl adjacent to an activating group) is 1. The zero-order valence-electron chi connectivity index (χ0n) is 18.6. The molecule has 4 aromatic rings. The highest BCUT2D eigenvalue weighted by molar-refractivity contribution is 6.13. The molecule has 4 heterocycles. The van der Waals surface area contributed by atoms with Crippen LogP contribution < -0.4 is 20.3 Å². The van der Waals surface area contributed by atoms with E-state index >= 15 is 0 Å². The number of rotatable bonds is 5. The summed E-state index contributed by atoms with van der Waals surface area (Å²) in [5.74, 6) is 0.448. The first kappa shape index (κ1) is 20.3. The van der Waals surface area contributed by atoms with Crippen LogP contribution in [0.15, 0.2) is 30.7 Å². The predicted molar refractivity (Wildman–Crippen MR) is 123 cm³/mol. The Labute approximate surface area is 185 Å². The molecular weight excluding hydrogens is 408 g/mol. The molecule has 1 aromatic carbocycles. The predicted octanol–water partition coefficient (Wildman–Crippen LogP) is 1.98. The number of methoxy groups -OCH3 is 1. The van der Waals surface area contributed by atoms with Crippen molar-refractivity contribution in [2.45, 2.75) is 19.4 Å². The Morgan fingerprint density at radius 1 is 1.22 bits per heavy atom. The third kappa shape index (κ3) is 3.42. The van der Waals surface area contributed by atoms with Gasteiger partial charge in [-0.2, -0.15) is 10.1 Å². The Balaban J connectivity index is 1.49. The first-order valence-corrected chi connectivity index (χ1v) is 10.6. The minimum atomic E-state index is -0.277. The summed E-state index contributed by atoms with van der Waals surface area (Å²) in [6.07, 6.45) is 6.64. The molecule has 1 aliphatic heterocycles. The van der Waals surface area contributed by atoms with Crippen LogP contribution in [0.25, 0.3) is 16.6 Å². The van der Waals surface area contributed by atoms with Gasteiger partial charge in [0.2, 0.25) is 5.65 Å². The number of hydrogen-bond acceptors (Lipinski definition) is 7. The molecule has 0 saturated carbocycles. The first-order chi connectivity index (χ1) is 15.5. The molecule has 1 fully saturated rings. The Kier molecular flexibility index (Phi) is 4.93. The van der Waals surface area contributed by atoms with Gasteiger partial charge >= 0.3 is 0 Å². The minimum Gasteiger partial charge on any atom is -0.478 e. The molecule has 10 heteroatoms. The molecule has 3 aromatic heterocycles. The maximum Gasteiger partial charge on any atom is 0.260 e. The van der Waals surface area contributed by atoms with Crippen LogP contribution in [0.4, 0.5) is 11.5 Å². The largest absolute Gasteiger partial charge is 0.478 e. The molecule has 1 aliphatic rings. The van der Waals surface area contributed by atoms with Crippen LogP contribution in [0, 0.1) is 6.92 Å². The van der Waals surface area contributed by atoms with E-state index in [4.69, 9.17) is 4.74 Å². The van der Waals surface area contributed by atoms with E-state index < -0.39 is 0 Å². The normalized spacial score (nSPS) is 16.2. The van der Waals surface area contributed by atoms with Crippen LogP contribution in [-0.2, 0) is 7.05 Å². The highest BCUT2D eigenvalue weighted by Gasteiger charge is 2.25. The van der Waals surface area contributed by atoms with Crippen LogP contribution in [0.3, 0.4) is 0 Å². The number of aryl methyl sites for hydroxylation is 2. The highest BCUT2D eigenvalue weighted by Crippen LogP contribution is 2.31. The van der Waals surface area contributed by atoms with Crippen molar-refractivity contribution in [2.24, 2.45) is 7.05 Å². The number of hydrogen-bond donors (Lipinski definition) is 2. The van der Waals surface area contributed by atoms with E-state index in [2.05, 4.69) is 30.6 Å². The smallest absolute Gasteiger partial charge is 0.260 e. The number of anilines is 2. The van der Waals surface area contributed by atoms with Crippen molar-refractivity contribution in [1.29, 1.82) is 0 Å². The maximum atomic E-state index is 13.2. The monoisotopic (exact) mass is 434 g/mol. The summed E-state index contributed by atoms with van der Waals surface area (Å²) < 4.78 is 8.90. The third-order valence-corrected chi connectivity index (χ3v) is 5.91. The van der Waals surface area contributed by atoms with Gasteiger partial charge in [-0.25, -0.2) is 4.98 Å². The second-order valence-electron chi connectivity index (χ2n) is 8.12. The quantitative estimate of drug-likeness (QED) is 0.495. The maximum absolute atomic E-state index is 13.2. The number of carbonyl (C=O) groups excluding carboxylic acids is 1. The van der Waals surface area contributed by atoms with Gasteiger partial charge in [0.15, 0.2) is 5.82 Å². The van der Waals surface area contributed by atoms with E-state index in [0.29, 0.717) is 34.5 Å². The Morgan fingerprint density at radius 3 is 2.81 bits per heavy atom. The average Bonchev–Trinajstić information content (AvgIpc) is 3.49. The van der Waals surface area contributed by atoms with Crippen molar-refractivity contribution >= 4 is 34.0 Å². The van der Waals surface area contributed by atoms with Gasteiger partial charge in [0.1, 0.15) is 5.52 Å². The first-order valence-electron chi connectivity index (χ1n) is 10.6. The molecule has 5 rings (SSSR count). The fourth-order valence-corrected chi connectivity index (χ4v) is 4.35. The van der Waals surface area contributed by atoms with Crippen molar-refractivity contribution in [3.63, 3.8) is 0 Å². The molecule has 1 atom stereocenters. The summed E-state index contributed by atoms with van der Waals surface area (Å²) in [7, 11) is 5.39. The summed E-state index contributed by atoms with van der Waals surface area (Å²) in [6, 6.07) is 4.31. The number of aromatic nitrogens is 5. The summed E-state index contributed by atoms with van der Waals surface area (Å²) in [5, 5.41) is 11.8. The number of fused-ring (bicyclic) bond motifs is 2. The third-order valence-electron chi connectivity index (χ3n) is 5.91. The number of nitrogens with one attached hydrogen (secondary N) is 2. The van der Waals surface area contributed by atoms with Gasteiger partial charge in [-0.1, -0.05) is 0 Å². The average molecular weight is 435 g/mol. The van der Waals surface area contributed by atoms with Crippen LogP contribution in [-0.4, -0.2) is 63.3 Å². The molecule has 32 heavy (non-hydrogen) atoms. The molecule has 10 nitrogen and oxygen atoms in total. The zero-order valence-corrected chi connectivity index (χ0v) is 18.6. The summed E-state index contributed by atoms with van der Waals surface area (Å²) >= 11 is 0. The van der Waals surface area contributed by atoms with Gasteiger partial charge in [-0.05, 0) is 32.5 Å². The van der Waals surface area contributed by atoms with Crippen LogP contribution in [0.1, 0.15) is 22.5 Å². The summed E-state index contributed by atoms with van der Waals surface area (Å²) in [6.45, 7) is 3.79. The van der Waals surface area contributed by atoms with E-state index in [1.165, 1.54) is 7.11 Å². The highest BCUT2D eigenvalue weighted by atomic mass is 16.5. The number of amides is 1. The van der Waals surface area contributed by atoms with Gasteiger partial charge in [0.05, 0.1) is 24.6 Å². The fourth-order valence-electron chi connectivity index (χ4n) is 4.35. The Bertz CT molecular complexity index is 1320. The van der Waals surface area contributed by atoms with Gasteiger partial charge < -0.3 is 20.3 Å². The van der Waals surface area contributed by atoms with Gasteiger partial charge in [-0.15, -0.1) is 0 Å². The van der Waals surface area contributed by atoms with Crippen molar-refractivity contribution in [2.75, 3.05) is 37.5 Å². The standard InChI is InChI=1S/C22H26N8O2/c1-13-9-30-12-18(26-22(32-4)20(30)24-13)25-21(31)15-5-6-17(16-11-28(3)27-19(15)16)29-8-7-14(10-29)23-2/h5-6,9,11-12,14,23H,7-8,10H2,1-4H3,(H,25,31)/t14-/m0/s1. The van der Waals surface area contributed by atoms with Gasteiger partial charge in [0.25, 0.3) is 11.8 Å². The van der Waals surface area contributed by atoms with E-state index in [9.17, 15) is 4.79 Å². The number of nitrogens with zero attached hydrogens (tertiary/aromatic N) is 6. The Hall–Kier alpha value is -3.66. The number of ether oxygens (including phenoxy) is 1. The van der Waals surface area contributed by atoms with E-state index in [1.807, 2.05) is 45.5 Å². The van der Waals surface area contributed by atoms with Gasteiger partial charge in [-0.3, -0.25) is 13.9 Å². The molecule has 0 radical (unpaired) electrons. The van der Waals surface area contributed by atoms with Crippen molar-refractivity contribution < 1.29 is 9.53 Å². The molecule has 0 spiro atoms. The molecule has 1 amide bonds. The number of carbonyl (C=O) groups is 1. The summed E-state index contributed by atoms with van der Waals surface area (Å²) in [4.78, 5) is 24.4. The fraction of sp³-hybridized carbons (Fsp3) is 0.364. The zero-order chi connectivity index (χ0) is 22.4. The van der Waals surface area contributed by atoms with Crippen molar-refractivity contribution in [1.82, 2.24) is 29.5 Å². The molecular formula is C22H26N8O2. The molecule has 0 bridgehead atoms. The second-order valence-corrected chi connectivity index (χ2v) is 8.12. The molecule has 0 unspecified atom stereocenters. The topological polar surface area (TPSA) is 102 Å². The van der Waals surface area contributed by atoms with Crippen molar-refractivity contribution in [3.8, 4) is 5.88 Å². The van der Waals surface area contributed by atoms with Gasteiger partial charge in [0, 0.05) is 49.6 Å². The molecule has 0 aliphatic carbocycles. The SMILES string of the molecule is CN[C@H]1CCN(c2ccc(C(=O)Nc3cn4cc(C)nc4c(OC)n3)c3nn(C)cc23)C1. The van der Waals surface area contributed by atoms with Crippen molar-refractivity contribution in [3.05, 3.63) is 42.0 Å². The van der Waals surface area contributed by atoms with Crippen LogP contribution >= 0.6 is 0 Å². The lowest BCUT2D eigenvalue weighted by Crippen LogP contribution is -2.29. The lowest BCUT2D eigenvalue weighted by atomic mass is 10.1. The van der Waals surface area contributed by atoms with Crippen LogP contribution in [0.5, 0.6) is 5.88 Å².